The normalized spacial score (nSPS) is 22.8. The van der Waals surface area contributed by atoms with E-state index in [4.69, 9.17) is 4.74 Å². The van der Waals surface area contributed by atoms with Gasteiger partial charge >= 0.3 is 0 Å². The highest BCUT2D eigenvalue weighted by atomic mass is 16.5. The molecule has 1 aromatic carbocycles. The van der Waals surface area contributed by atoms with Gasteiger partial charge in [0.1, 0.15) is 5.75 Å². The highest BCUT2D eigenvalue weighted by Gasteiger charge is 2.50. The molecule has 1 spiro atoms. The number of nitrogens with zero attached hydrogens (tertiary/aromatic N) is 1. The molecule has 1 unspecified atom stereocenters. The zero-order valence-electron chi connectivity index (χ0n) is 18.0. The Kier molecular flexibility index (Phi) is 5.33. The lowest BCUT2D eigenvalue weighted by Gasteiger charge is -2.43. The van der Waals surface area contributed by atoms with Crippen LogP contribution in [0.25, 0.3) is 0 Å². The van der Waals surface area contributed by atoms with Gasteiger partial charge in [-0.15, -0.1) is 0 Å². The van der Waals surface area contributed by atoms with Crippen molar-refractivity contribution in [2.75, 3.05) is 39.6 Å². The number of methoxy groups -OCH3 is 1. The first-order chi connectivity index (χ1) is 13.6. The van der Waals surface area contributed by atoms with Gasteiger partial charge in [-0.1, -0.05) is 31.6 Å². The number of benzene rings is 1. The summed E-state index contributed by atoms with van der Waals surface area (Å²) in [6.07, 6.45) is 9.53. The molecule has 28 heavy (non-hydrogen) atoms. The van der Waals surface area contributed by atoms with Gasteiger partial charge in [0.05, 0.1) is 25.4 Å². The molecular formula is C24H35N3O. The molecule has 1 aliphatic heterocycles. The maximum Gasteiger partial charge on any atom is 0.134 e. The van der Waals surface area contributed by atoms with Crippen LogP contribution >= 0.6 is 0 Å². The summed E-state index contributed by atoms with van der Waals surface area (Å²) >= 11 is 0. The topological polar surface area (TPSA) is 36.5 Å². The van der Waals surface area contributed by atoms with Crippen LogP contribution in [0.3, 0.4) is 0 Å². The number of ether oxygens (including phenoxy) is 1. The van der Waals surface area contributed by atoms with Gasteiger partial charge in [0.15, 0.2) is 0 Å². The van der Waals surface area contributed by atoms with E-state index in [1.165, 1.54) is 56.2 Å². The van der Waals surface area contributed by atoms with Crippen LogP contribution in [0.15, 0.2) is 12.1 Å². The highest BCUT2D eigenvalue weighted by molar-refractivity contribution is 5.69. The third-order valence-electron chi connectivity index (χ3n) is 7.57. The Bertz CT molecular complexity index is 783. The molecule has 0 bridgehead atoms. The van der Waals surface area contributed by atoms with Gasteiger partial charge in [0.25, 0.3) is 0 Å². The summed E-state index contributed by atoms with van der Waals surface area (Å²) in [6.45, 7) is 4.27. The van der Waals surface area contributed by atoms with Crippen molar-refractivity contribution in [3.8, 4) is 17.6 Å². The van der Waals surface area contributed by atoms with Gasteiger partial charge in [-0.2, -0.15) is 0 Å². The van der Waals surface area contributed by atoms with Crippen molar-refractivity contribution < 1.29 is 4.74 Å². The Balaban J connectivity index is 1.45. The fourth-order valence-electron chi connectivity index (χ4n) is 5.02. The number of rotatable bonds is 7. The second-order valence-electron chi connectivity index (χ2n) is 9.12. The van der Waals surface area contributed by atoms with Crippen molar-refractivity contribution in [1.29, 1.82) is 0 Å². The van der Waals surface area contributed by atoms with Crippen LogP contribution in [0.2, 0.25) is 0 Å². The van der Waals surface area contributed by atoms with Crippen molar-refractivity contribution in [2.45, 2.75) is 63.5 Å². The van der Waals surface area contributed by atoms with Crippen molar-refractivity contribution in [2.24, 2.45) is 5.41 Å². The predicted molar refractivity (Wildman–Crippen MR) is 116 cm³/mol. The molecule has 4 nitrogen and oxygen atoms in total. The van der Waals surface area contributed by atoms with Crippen LogP contribution < -0.4 is 15.4 Å². The molecule has 2 fully saturated rings. The Morgan fingerprint density at radius 1 is 1.29 bits per heavy atom. The summed E-state index contributed by atoms with van der Waals surface area (Å²) in [7, 11) is 5.98. The van der Waals surface area contributed by atoms with E-state index in [2.05, 4.69) is 53.5 Å². The van der Waals surface area contributed by atoms with E-state index in [1.54, 1.807) is 7.11 Å². The fourth-order valence-corrected chi connectivity index (χ4v) is 5.02. The molecule has 0 saturated heterocycles. The maximum atomic E-state index is 5.71. The van der Waals surface area contributed by atoms with Crippen LogP contribution in [-0.4, -0.2) is 45.4 Å². The van der Waals surface area contributed by atoms with Gasteiger partial charge in [-0.05, 0) is 75.9 Å². The van der Waals surface area contributed by atoms with Gasteiger partial charge in [-0.3, -0.25) is 10.2 Å². The van der Waals surface area contributed by atoms with Crippen molar-refractivity contribution in [3.63, 3.8) is 0 Å². The summed E-state index contributed by atoms with van der Waals surface area (Å²) in [5.74, 6) is 7.64. The Labute approximate surface area is 170 Å². The summed E-state index contributed by atoms with van der Waals surface area (Å²) in [5, 5.41) is 7.13. The third kappa shape index (κ3) is 3.40. The summed E-state index contributed by atoms with van der Waals surface area (Å²) in [4.78, 5) is 2.35. The number of fused-ring (bicyclic) bond motifs is 2. The molecule has 152 valence electrons. The lowest BCUT2D eigenvalue weighted by atomic mass is 9.64. The van der Waals surface area contributed by atoms with Crippen LogP contribution in [0.4, 0.5) is 5.69 Å². The SMILES string of the molecule is CCC1(CCN(C)CC#Cc2cc3c(cc2OC)C2(CCC2)C(NC)N3)CC1. The fraction of sp³-hybridized carbons (Fsp3) is 0.667. The second kappa shape index (κ2) is 7.61. The van der Waals surface area contributed by atoms with Crippen molar-refractivity contribution in [3.05, 3.63) is 23.3 Å². The van der Waals surface area contributed by atoms with E-state index in [-0.39, 0.29) is 5.41 Å². The number of hydrogen-bond donors (Lipinski definition) is 2. The largest absolute Gasteiger partial charge is 0.495 e. The Morgan fingerprint density at radius 2 is 2.07 bits per heavy atom. The van der Waals surface area contributed by atoms with Crippen molar-refractivity contribution >= 4 is 5.69 Å². The first kappa shape index (κ1) is 19.6. The molecule has 4 heteroatoms. The number of nitrogens with one attached hydrogen (secondary N) is 2. The van der Waals surface area contributed by atoms with E-state index in [0.29, 0.717) is 11.6 Å². The number of anilines is 1. The van der Waals surface area contributed by atoms with E-state index in [0.717, 1.165) is 24.4 Å². The Hall–Kier alpha value is -1.70. The zero-order valence-corrected chi connectivity index (χ0v) is 18.0. The first-order valence-electron chi connectivity index (χ1n) is 10.9. The minimum Gasteiger partial charge on any atom is -0.495 e. The molecule has 0 aromatic heterocycles. The van der Waals surface area contributed by atoms with Gasteiger partial charge in [0.2, 0.25) is 0 Å². The monoisotopic (exact) mass is 381 g/mol. The summed E-state index contributed by atoms with van der Waals surface area (Å²) in [5.41, 5.74) is 4.48. The molecule has 3 aliphatic rings. The molecule has 2 aliphatic carbocycles. The predicted octanol–water partition coefficient (Wildman–Crippen LogP) is 3.95. The van der Waals surface area contributed by atoms with Crippen LogP contribution in [0, 0.1) is 17.3 Å². The lowest BCUT2D eigenvalue weighted by Crippen LogP contribution is -2.51. The highest BCUT2D eigenvalue weighted by Crippen LogP contribution is 2.54. The van der Waals surface area contributed by atoms with Crippen LogP contribution in [-0.2, 0) is 5.41 Å². The average molecular weight is 382 g/mol. The second-order valence-corrected chi connectivity index (χ2v) is 9.12. The smallest absolute Gasteiger partial charge is 0.134 e. The standard InChI is InChI=1S/C24H35N3O/c1-5-23(11-12-23)13-15-27(3)14-6-8-18-16-20-19(17-21(18)28-4)24(9-7-10-24)22(25-2)26-20/h16-17,22,25-26H,5,7,9-15H2,1-4H3. The molecule has 0 radical (unpaired) electrons. The third-order valence-corrected chi connectivity index (χ3v) is 7.57. The quantitative estimate of drug-likeness (QED) is 0.701. The summed E-state index contributed by atoms with van der Waals surface area (Å²) in [6, 6.07) is 4.42. The van der Waals surface area contributed by atoms with Gasteiger partial charge in [-0.25, -0.2) is 0 Å². The lowest BCUT2D eigenvalue weighted by molar-refractivity contribution is 0.204. The van der Waals surface area contributed by atoms with E-state index >= 15 is 0 Å². The molecule has 2 N–H and O–H groups in total. The summed E-state index contributed by atoms with van der Waals surface area (Å²) < 4.78 is 5.71. The Morgan fingerprint density at radius 3 is 2.64 bits per heavy atom. The van der Waals surface area contributed by atoms with E-state index in [1.807, 2.05) is 7.05 Å². The molecule has 0 amide bonds. The minimum absolute atomic E-state index is 0.224. The average Bonchev–Trinajstić information content (AvgIpc) is 3.38. The molecular weight excluding hydrogens is 346 g/mol. The van der Waals surface area contributed by atoms with Crippen molar-refractivity contribution in [1.82, 2.24) is 10.2 Å². The number of hydrogen-bond acceptors (Lipinski definition) is 4. The molecule has 1 atom stereocenters. The number of likely N-dealkylation sites (N-methyl/N-ethyl adjacent to an activating group) is 1. The van der Waals surface area contributed by atoms with E-state index < -0.39 is 0 Å². The van der Waals surface area contributed by atoms with Gasteiger partial charge in [0, 0.05) is 11.1 Å². The molecule has 2 saturated carbocycles. The molecule has 1 heterocycles. The van der Waals surface area contributed by atoms with Crippen LogP contribution in [0.5, 0.6) is 5.75 Å². The van der Waals surface area contributed by atoms with Gasteiger partial charge < -0.3 is 10.1 Å². The zero-order chi connectivity index (χ0) is 19.8. The van der Waals surface area contributed by atoms with E-state index in [9.17, 15) is 0 Å². The molecule has 1 aromatic rings. The minimum atomic E-state index is 0.224. The van der Waals surface area contributed by atoms with Crippen LogP contribution in [0.1, 0.15) is 63.0 Å². The maximum absolute atomic E-state index is 5.71. The first-order valence-corrected chi connectivity index (χ1v) is 10.9. The molecule has 4 rings (SSSR count).